The highest BCUT2D eigenvalue weighted by Gasteiger charge is 1.93. The van der Waals surface area contributed by atoms with E-state index in [0.717, 1.165) is 18.6 Å². The lowest BCUT2D eigenvalue weighted by Crippen LogP contribution is -1.96. The van der Waals surface area contributed by atoms with Crippen LogP contribution < -0.4 is 4.74 Å². The maximum Gasteiger partial charge on any atom is 0.119 e. The van der Waals surface area contributed by atoms with Crippen LogP contribution in [0.1, 0.15) is 12.8 Å². The van der Waals surface area contributed by atoms with Gasteiger partial charge in [-0.3, -0.25) is 0 Å². The van der Waals surface area contributed by atoms with Crippen LogP contribution in [-0.2, 0) is 0 Å². The summed E-state index contributed by atoms with van der Waals surface area (Å²) in [6.45, 7) is 4.22. The molecule has 2 nitrogen and oxygen atoms in total. The van der Waals surface area contributed by atoms with E-state index in [2.05, 4.69) is 35.2 Å². The van der Waals surface area contributed by atoms with Crippen LogP contribution in [0.2, 0.25) is 0 Å². The Morgan fingerprint density at radius 1 is 1.41 bits per heavy atom. The first kappa shape index (κ1) is 13.8. The van der Waals surface area contributed by atoms with Crippen LogP contribution in [0.25, 0.3) is 0 Å². The Kier molecular flexibility index (Phi) is 6.41. The van der Waals surface area contributed by atoms with Gasteiger partial charge in [0.1, 0.15) is 5.75 Å². The third kappa shape index (κ3) is 5.55. The molecule has 0 aromatic heterocycles. The first-order chi connectivity index (χ1) is 8.26. The Labute approximate surface area is 116 Å². The van der Waals surface area contributed by atoms with Crippen LogP contribution in [0.15, 0.2) is 48.6 Å². The minimum absolute atomic E-state index is 0.624. The van der Waals surface area contributed by atoms with Crippen LogP contribution in [-0.4, -0.2) is 6.61 Å². The highest BCUT2D eigenvalue weighted by molar-refractivity contribution is 14.1. The summed E-state index contributed by atoms with van der Waals surface area (Å²) in [4.78, 5) is 0. The molecule has 0 N–H and O–H groups in total. The first-order valence-corrected chi connectivity index (χ1v) is 6.45. The Balaban J connectivity index is 2.25. The Morgan fingerprint density at radius 3 is 2.71 bits per heavy atom. The predicted molar refractivity (Wildman–Crippen MR) is 77.8 cm³/mol. The van der Waals surface area contributed by atoms with Crippen LogP contribution in [0.3, 0.4) is 0 Å². The molecule has 0 fully saturated rings. The van der Waals surface area contributed by atoms with Crippen molar-refractivity contribution in [2.75, 3.05) is 6.61 Å². The minimum atomic E-state index is 0.624. The zero-order chi connectivity index (χ0) is 12.5. The molecule has 0 atom stereocenters. The van der Waals surface area contributed by atoms with Crippen molar-refractivity contribution >= 4 is 22.6 Å². The molecule has 3 heteroatoms. The van der Waals surface area contributed by atoms with E-state index in [9.17, 15) is 0 Å². The molecule has 1 rings (SSSR count). The van der Waals surface area contributed by atoms with E-state index in [4.69, 9.17) is 10.00 Å². The number of rotatable bonds is 6. The van der Waals surface area contributed by atoms with Crippen molar-refractivity contribution in [2.24, 2.45) is 0 Å². The second kappa shape index (κ2) is 7.91. The van der Waals surface area contributed by atoms with Gasteiger partial charge in [0.15, 0.2) is 0 Å². The van der Waals surface area contributed by atoms with Gasteiger partial charge in [-0.1, -0.05) is 18.7 Å². The largest absolute Gasteiger partial charge is 0.494 e. The molecule has 1 aromatic carbocycles. The summed E-state index contributed by atoms with van der Waals surface area (Å²) in [7, 11) is 0. The summed E-state index contributed by atoms with van der Waals surface area (Å²) >= 11 is 2.26. The second-order valence-corrected chi connectivity index (χ2v) is 4.67. The van der Waals surface area contributed by atoms with E-state index in [1.807, 2.05) is 30.3 Å². The van der Waals surface area contributed by atoms with E-state index < -0.39 is 0 Å². The number of allylic oxidation sites excluding steroid dienone is 3. The summed E-state index contributed by atoms with van der Waals surface area (Å²) in [6.07, 6.45) is 5.18. The third-order valence-corrected chi connectivity index (χ3v) is 2.86. The van der Waals surface area contributed by atoms with Gasteiger partial charge in [0.05, 0.1) is 12.7 Å². The van der Waals surface area contributed by atoms with Gasteiger partial charge in [0, 0.05) is 9.14 Å². The maximum absolute atomic E-state index is 8.67. The molecular weight excluding hydrogens is 325 g/mol. The molecule has 0 spiro atoms. The quantitative estimate of drug-likeness (QED) is 0.339. The molecule has 0 unspecified atom stereocenters. The van der Waals surface area contributed by atoms with Crippen molar-refractivity contribution in [2.45, 2.75) is 12.8 Å². The normalized spacial score (nSPS) is 10.7. The van der Waals surface area contributed by atoms with Crippen molar-refractivity contribution in [1.29, 1.82) is 5.26 Å². The fraction of sp³-hybridized carbons (Fsp3) is 0.214. The van der Waals surface area contributed by atoms with Crippen LogP contribution in [0.4, 0.5) is 0 Å². The molecule has 88 valence electrons. The molecule has 0 amide bonds. The summed E-state index contributed by atoms with van der Waals surface area (Å²) < 4.78 is 6.77. The smallest absolute Gasteiger partial charge is 0.119 e. The second-order valence-electron chi connectivity index (χ2n) is 3.42. The molecule has 0 aliphatic rings. The number of benzene rings is 1. The lowest BCUT2D eigenvalue weighted by atomic mass is 10.2. The summed E-state index contributed by atoms with van der Waals surface area (Å²) in [5.41, 5.74) is 0.624. The molecule has 0 aliphatic heterocycles. The van der Waals surface area contributed by atoms with Gasteiger partial charge < -0.3 is 4.74 Å². The Bertz CT molecular complexity index is 429. The maximum atomic E-state index is 8.67. The van der Waals surface area contributed by atoms with Crippen molar-refractivity contribution in [1.82, 2.24) is 0 Å². The number of ether oxygens (including phenoxy) is 1. The molecule has 0 bridgehead atoms. The van der Waals surface area contributed by atoms with Crippen molar-refractivity contribution in [3.8, 4) is 11.8 Å². The molecule has 0 heterocycles. The molecule has 0 saturated heterocycles. The minimum Gasteiger partial charge on any atom is -0.494 e. The van der Waals surface area contributed by atoms with Gasteiger partial charge >= 0.3 is 0 Å². The fourth-order valence-electron chi connectivity index (χ4n) is 1.24. The van der Waals surface area contributed by atoms with E-state index in [0.29, 0.717) is 12.2 Å². The number of hydrogen-bond acceptors (Lipinski definition) is 2. The molecule has 0 radical (unpaired) electrons. The van der Waals surface area contributed by atoms with Gasteiger partial charge in [-0.05, 0) is 59.7 Å². The number of nitrogens with zero attached hydrogens (tertiary/aromatic N) is 1. The Hall–Kier alpha value is -1.28. The average molecular weight is 339 g/mol. The van der Waals surface area contributed by atoms with Gasteiger partial charge in [-0.15, -0.1) is 0 Å². The van der Waals surface area contributed by atoms with Gasteiger partial charge in [0.25, 0.3) is 0 Å². The standard InChI is InChI=1S/C14H14INO/c1-2-12(11-16)5-3-4-10-17-14-8-6-13(15)7-9-14/h2,5-9H,1,3-4,10H2/b12-5+. The number of hydrogen-bond donors (Lipinski definition) is 0. The lowest BCUT2D eigenvalue weighted by molar-refractivity contribution is 0.312. The Morgan fingerprint density at radius 2 is 2.12 bits per heavy atom. The molecule has 1 aromatic rings. The van der Waals surface area contributed by atoms with Gasteiger partial charge in [0.2, 0.25) is 0 Å². The van der Waals surface area contributed by atoms with Gasteiger partial charge in [-0.25, -0.2) is 0 Å². The molecule has 0 saturated carbocycles. The molecular formula is C14H14INO. The highest BCUT2D eigenvalue weighted by atomic mass is 127. The number of halogens is 1. The van der Waals surface area contributed by atoms with E-state index in [-0.39, 0.29) is 0 Å². The molecule has 0 aliphatic carbocycles. The summed E-state index contributed by atoms with van der Waals surface area (Å²) in [5.74, 6) is 0.888. The van der Waals surface area contributed by atoms with Crippen molar-refractivity contribution < 1.29 is 4.74 Å². The summed E-state index contributed by atoms with van der Waals surface area (Å²) in [5, 5.41) is 8.67. The fourth-order valence-corrected chi connectivity index (χ4v) is 1.60. The average Bonchev–Trinajstić information content (AvgIpc) is 2.36. The lowest BCUT2D eigenvalue weighted by Gasteiger charge is -2.04. The first-order valence-electron chi connectivity index (χ1n) is 5.37. The zero-order valence-electron chi connectivity index (χ0n) is 9.53. The van der Waals surface area contributed by atoms with E-state index in [1.54, 1.807) is 6.08 Å². The van der Waals surface area contributed by atoms with Crippen LogP contribution in [0, 0.1) is 14.9 Å². The van der Waals surface area contributed by atoms with Crippen LogP contribution >= 0.6 is 22.6 Å². The van der Waals surface area contributed by atoms with Crippen LogP contribution in [0.5, 0.6) is 5.75 Å². The van der Waals surface area contributed by atoms with E-state index in [1.165, 1.54) is 3.57 Å². The van der Waals surface area contributed by atoms with E-state index >= 15 is 0 Å². The third-order valence-electron chi connectivity index (χ3n) is 2.14. The van der Waals surface area contributed by atoms with Crippen molar-refractivity contribution in [3.63, 3.8) is 0 Å². The monoisotopic (exact) mass is 339 g/mol. The number of unbranched alkanes of at least 4 members (excludes halogenated alkanes) is 1. The zero-order valence-corrected chi connectivity index (χ0v) is 11.7. The van der Waals surface area contributed by atoms with Crippen molar-refractivity contribution in [3.05, 3.63) is 52.1 Å². The SMILES string of the molecule is C=C/C(C#N)=C\CCCOc1ccc(I)cc1. The predicted octanol–water partition coefficient (Wildman–Crippen LogP) is 4.09. The summed E-state index contributed by atoms with van der Waals surface area (Å²) in [6, 6.07) is 10.0. The highest BCUT2D eigenvalue weighted by Crippen LogP contribution is 2.13. The molecule has 17 heavy (non-hydrogen) atoms. The topological polar surface area (TPSA) is 33.0 Å². The number of nitriles is 1. The van der Waals surface area contributed by atoms with Gasteiger partial charge in [-0.2, -0.15) is 5.26 Å².